The van der Waals surface area contributed by atoms with E-state index in [2.05, 4.69) is 40.5 Å². The number of nitrogens with zero attached hydrogens (tertiary/aromatic N) is 3. The van der Waals surface area contributed by atoms with Crippen LogP contribution in [-0.4, -0.2) is 40.3 Å². The number of likely N-dealkylation sites (tertiary alicyclic amines) is 1. The van der Waals surface area contributed by atoms with Gasteiger partial charge >= 0.3 is 0 Å². The molecule has 1 aromatic heterocycles. The number of benzene rings is 2. The molecule has 2 aliphatic rings. The van der Waals surface area contributed by atoms with Crippen molar-refractivity contribution in [3.8, 4) is 0 Å². The van der Waals surface area contributed by atoms with Crippen molar-refractivity contribution in [2.24, 2.45) is 5.92 Å². The number of anilines is 1. The molecule has 5 heteroatoms. The first-order chi connectivity index (χ1) is 13.8. The van der Waals surface area contributed by atoms with Gasteiger partial charge in [-0.25, -0.2) is 9.97 Å². The molecule has 2 aromatic carbocycles. The molecular weight excluding hydrogens is 348 g/mol. The van der Waals surface area contributed by atoms with E-state index in [4.69, 9.17) is 9.97 Å². The quantitative estimate of drug-likeness (QED) is 0.757. The van der Waals surface area contributed by atoms with Gasteiger partial charge in [0.25, 0.3) is 0 Å². The lowest BCUT2D eigenvalue weighted by Gasteiger charge is -2.31. The van der Waals surface area contributed by atoms with Gasteiger partial charge in [-0.15, -0.1) is 0 Å². The molecule has 0 atom stereocenters. The Kier molecular flexibility index (Phi) is 4.53. The molecule has 5 nitrogen and oxygen atoms in total. The summed E-state index contributed by atoms with van der Waals surface area (Å²) < 4.78 is 0. The molecule has 1 N–H and O–H groups in total. The van der Waals surface area contributed by atoms with E-state index in [9.17, 15) is 4.79 Å². The molecule has 0 radical (unpaired) electrons. The molecule has 0 saturated carbocycles. The average molecular weight is 372 g/mol. The molecule has 28 heavy (non-hydrogen) atoms. The maximum absolute atomic E-state index is 12.1. The molecule has 3 aromatic rings. The molecule has 1 saturated heterocycles. The second kappa shape index (κ2) is 7.32. The number of carbonyl (C=O) groups excluding carboxylic acids is 1. The van der Waals surface area contributed by atoms with Gasteiger partial charge in [0.2, 0.25) is 0 Å². The average Bonchev–Trinajstić information content (AvgIpc) is 2.73. The SMILES string of the molecule is O=C1CNc2nc(CN3CCC(Cc4ccccc4)CC3)nc3cccc1c23. The third-order valence-electron chi connectivity index (χ3n) is 5.93. The Morgan fingerprint density at radius 3 is 2.64 bits per heavy atom. The molecular formula is C23H24N4O. The van der Waals surface area contributed by atoms with E-state index in [0.717, 1.165) is 53.7 Å². The smallest absolute Gasteiger partial charge is 0.182 e. The second-order valence-electron chi connectivity index (χ2n) is 7.87. The van der Waals surface area contributed by atoms with E-state index >= 15 is 0 Å². The first kappa shape index (κ1) is 17.3. The van der Waals surface area contributed by atoms with Gasteiger partial charge in [-0.1, -0.05) is 42.5 Å². The summed E-state index contributed by atoms with van der Waals surface area (Å²) in [6.07, 6.45) is 3.60. The van der Waals surface area contributed by atoms with Crippen molar-refractivity contribution in [3.63, 3.8) is 0 Å². The minimum absolute atomic E-state index is 0.106. The van der Waals surface area contributed by atoms with E-state index < -0.39 is 0 Å². The fraction of sp³-hybridized carbons (Fsp3) is 0.348. The molecule has 5 rings (SSSR count). The Morgan fingerprint density at radius 2 is 1.82 bits per heavy atom. The monoisotopic (exact) mass is 372 g/mol. The number of hydrogen-bond donors (Lipinski definition) is 1. The minimum atomic E-state index is 0.106. The third-order valence-corrected chi connectivity index (χ3v) is 5.93. The van der Waals surface area contributed by atoms with Crippen molar-refractivity contribution in [3.05, 3.63) is 65.5 Å². The number of Topliss-reactive ketones (excluding diaryl/α,β-unsaturated/α-hetero) is 1. The summed E-state index contributed by atoms with van der Waals surface area (Å²) in [7, 11) is 0. The maximum atomic E-state index is 12.1. The van der Waals surface area contributed by atoms with Gasteiger partial charge in [0.05, 0.1) is 24.0 Å². The normalized spacial score (nSPS) is 17.6. The molecule has 142 valence electrons. The predicted molar refractivity (Wildman–Crippen MR) is 111 cm³/mol. The lowest BCUT2D eigenvalue weighted by molar-refractivity contribution is 0.101. The number of hydrogen-bond acceptors (Lipinski definition) is 5. The number of piperidine rings is 1. The molecule has 0 amide bonds. The zero-order valence-electron chi connectivity index (χ0n) is 15.9. The van der Waals surface area contributed by atoms with Crippen LogP contribution in [0.5, 0.6) is 0 Å². The van der Waals surface area contributed by atoms with Crippen LogP contribution in [0.25, 0.3) is 10.9 Å². The van der Waals surface area contributed by atoms with Crippen LogP contribution in [0.15, 0.2) is 48.5 Å². The zero-order valence-corrected chi connectivity index (χ0v) is 15.9. The van der Waals surface area contributed by atoms with Gasteiger partial charge in [0.1, 0.15) is 11.6 Å². The highest BCUT2D eigenvalue weighted by atomic mass is 16.1. The number of carbonyl (C=O) groups is 1. The van der Waals surface area contributed by atoms with Gasteiger partial charge in [-0.05, 0) is 49.9 Å². The molecule has 2 aliphatic heterocycles. The Labute approximate surface area is 164 Å². The van der Waals surface area contributed by atoms with Gasteiger partial charge in [-0.2, -0.15) is 0 Å². The molecule has 0 aliphatic carbocycles. The summed E-state index contributed by atoms with van der Waals surface area (Å²) in [6, 6.07) is 16.5. The Balaban J connectivity index is 1.27. The molecule has 0 unspecified atom stereocenters. The summed E-state index contributed by atoms with van der Waals surface area (Å²) in [5.74, 6) is 2.50. The maximum Gasteiger partial charge on any atom is 0.182 e. The second-order valence-corrected chi connectivity index (χ2v) is 7.87. The summed E-state index contributed by atoms with van der Waals surface area (Å²) in [5, 5.41) is 4.03. The van der Waals surface area contributed by atoms with Crippen molar-refractivity contribution >= 4 is 22.5 Å². The first-order valence-corrected chi connectivity index (χ1v) is 10.1. The van der Waals surface area contributed by atoms with Crippen molar-refractivity contribution in [2.75, 3.05) is 25.0 Å². The van der Waals surface area contributed by atoms with Crippen LogP contribution in [0.3, 0.4) is 0 Å². The van der Waals surface area contributed by atoms with E-state index in [1.165, 1.54) is 24.8 Å². The number of ketones is 1. The minimum Gasteiger partial charge on any atom is -0.362 e. The summed E-state index contributed by atoms with van der Waals surface area (Å²) in [4.78, 5) is 24.0. The zero-order chi connectivity index (χ0) is 18.9. The van der Waals surface area contributed by atoms with Crippen molar-refractivity contribution in [1.82, 2.24) is 14.9 Å². The Morgan fingerprint density at radius 1 is 1.00 bits per heavy atom. The predicted octanol–water partition coefficient (Wildman–Crippen LogP) is 3.69. The van der Waals surface area contributed by atoms with Crippen LogP contribution in [0.1, 0.15) is 34.6 Å². The lowest BCUT2D eigenvalue weighted by Crippen LogP contribution is -2.34. The highest BCUT2D eigenvalue weighted by molar-refractivity contribution is 6.15. The largest absolute Gasteiger partial charge is 0.362 e. The molecule has 1 fully saturated rings. The Hall–Kier alpha value is -2.79. The van der Waals surface area contributed by atoms with Crippen LogP contribution >= 0.6 is 0 Å². The molecule has 0 bridgehead atoms. The van der Waals surface area contributed by atoms with Crippen LogP contribution in [0.2, 0.25) is 0 Å². The fourth-order valence-electron chi connectivity index (χ4n) is 4.42. The first-order valence-electron chi connectivity index (χ1n) is 10.1. The van der Waals surface area contributed by atoms with Gasteiger partial charge in [-0.3, -0.25) is 9.69 Å². The van der Waals surface area contributed by atoms with Crippen molar-refractivity contribution in [1.29, 1.82) is 0 Å². The van der Waals surface area contributed by atoms with E-state index in [1.807, 2.05) is 18.2 Å². The van der Waals surface area contributed by atoms with Gasteiger partial charge in [0, 0.05) is 5.56 Å². The van der Waals surface area contributed by atoms with Crippen LogP contribution in [0.4, 0.5) is 5.82 Å². The number of nitrogens with one attached hydrogen (secondary N) is 1. The fourth-order valence-corrected chi connectivity index (χ4v) is 4.42. The van der Waals surface area contributed by atoms with Crippen molar-refractivity contribution < 1.29 is 4.79 Å². The Bertz CT molecular complexity index is 1010. The third kappa shape index (κ3) is 3.38. The van der Waals surface area contributed by atoms with Gasteiger partial charge < -0.3 is 5.32 Å². The van der Waals surface area contributed by atoms with Crippen LogP contribution < -0.4 is 5.32 Å². The van der Waals surface area contributed by atoms with Crippen molar-refractivity contribution in [2.45, 2.75) is 25.8 Å². The standard InChI is InChI=1S/C23H24N4O/c28-20-14-24-23-22-18(20)7-4-8-19(22)25-21(26-23)15-27-11-9-17(10-12-27)13-16-5-2-1-3-6-16/h1-8,17H,9-15H2,(H,24,25,26). The summed E-state index contributed by atoms with van der Waals surface area (Å²) in [6.45, 7) is 3.24. The summed E-state index contributed by atoms with van der Waals surface area (Å²) in [5.41, 5.74) is 3.03. The van der Waals surface area contributed by atoms with Crippen LogP contribution in [-0.2, 0) is 13.0 Å². The van der Waals surface area contributed by atoms with Crippen LogP contribution in [0, 0.1) is 5.92 Å². The number of aromatic nitrogens is 2. The topological polar surface area (TPSA) is 58.1 Å². The number of rotatable bonds is 4. The van der Waals surface area contributed by atoms with Gasteiger partial charge in [0.15, 0.2) is 5.78 Å². The van der Waals surface area contributed by atoms with E-state index in [1.54, 1.807) is 0 Å². The lowest BCUT2D eigenvalue weighted by atomic mass is 9.90. The highest BCUT2D eigenvalue weighted by Gasteiger charge is 2.23. The molecule has 3 heterocycles. The highest BCUT2D eigenvalue weighted by Crippen LogP contribution is 2.29. The molecule has 0 spiro atoms. The summed E-state index contributed by atoms with van der Waals surface area (Å²) >= 11 is 0. The van der Waals surface area contributed by atoms with E-state index in [-0.39, 0.29) is 5.78 Å². The van der Waals surface area contributed by atoms with E-state index in [0.29, 0.717) is 6.54 Å².